The lowest BCUT2D eigenvalue weighted by Crippen LogP contribution is -2.57. The van der Waals surface area contributed by atoms with Crippen LogP contribution in [0.3, 0.4) is 0 Å². The number of carbonyl (C=O) groups excluding carboxylic acids is 3. The van der Waals surface area contributed by atoms with Crippen LogP contribution in [0, 0.1) is 5.82 Å². The number of nitrogens with zero attached hydrogens (tertiary/aromatic N) is 4. The highest BCUT2D eigenvalue weighted by Crippen LogP contribution is 2.20. The highest BCUT2D eigenvalue weighted by molar-refractivity contribution is 6.05. The monoisotopic (exact) mass is 521 g/mol. The molecule has 1 fully saturated rings. The molecule has 0 spiro atoms. The van der Waals surface area contributed by atoms with Gasteiger partial charge in [-0.2, -0.15) is 0 Å². The third-order valence-corrected chi connectivity index (χ3v) is 6.77. The topological polar surface area (TPSA) is 126 Å². The Morgan fingerprint density at radius 1 is 0.974 bits per heavy atom. The molecule has 0 bridgehead atoms. The van der Waals surface area contributed by atoms with Gasteiger partial charge in [-0.05, 0) is 69.4 Å². The first-order valence-corrected chi connectivity index (χ1v) is 12.3. The molecule has 1 aromatic heterocycles. The predicted octanol–water partition coefficient (Wildman–Crippen LogP) is 2.12. The standard InChI is InChI=1S/C27H32FN7O3/c1-27(2,34-14-12-33(3)13-15-34)16-30-26(38)23-22(24(29)36)31-17-35(23)21-10-8-20(9-11-21)32-25(37)18-4-6-19(28)7-5-18/h4-11,17H,12-16H2,1-3H3,(H2,29,36)(H,30,38)(H,32,37). The van der Waals surface area contributed by atoms with Gasteiger partial charge in [-0.1, -0.05) is 0 Å². The van der Waals surface area contributed by atoms with Crippen LogP contribution in [0.5, 0.6) is 0 Å². The summed E-state index contributed by atoms with van der Waals surface area (Å²) in [5, 5.41) is 5.69. The maximum Gasteiger partial charge on any atom is 0.270 e. The molecule has 1 saturated heterocycles. The number of anilines is 1. The van der Waals surface area contributed by atoms with E-state index in [1.165, 1.54) is 35.2 Å². The molecule has 0 aliphatic carbocycles. The Bertz CT molecular complexity index is 1310. The van der Waals surface area contributed by atoms with E-state index in [-0.39, 0.29) is 22.8 Å². The Hall–Kier alpha value is -4.09. The molecule has 200 valence electrons. The summed E-state index contributed by atoms with van der Waals surface area (Å²) >= 11 is 0. The van der Waals surface area contributed by atoms with Crippen molar-refractivity contribution in [3.63, 3.8) is 0 Å². The highest BCUT2D eigenvalue weighted by atomic mass is 19.1. The molecular formula is C27H32FN7O3. The number of carbonyl (C=O) groups is 3. The van der Waals surface area contributed by atoms with E-state index in [1.807, 2.05) is 0 Å². The van der Waals surface area contributed by atoms with Crippen LogP contribution in [0.2, 0.25) is 0 Å². The molecule has 4 rings (SSSR count). The van der Waals surface area contributed by atoms with Crippen molar-refractivity contribution in [3.05, 3.63) is 77.6 Å². The summed E-state index contributed by atoms with van der Waals surface area (Å²) in [6.45, 7) is 8.22. The third-order valence-electron chi connectivity index (χ3n) is 6.77. The number of hydrogen-bond donors (Lipinski definition) is 3. The van der Waals surface area contributed by atoms with Crippen LogP contribution < -0.4 is 16.4 Å². The molecular weight excluding hydrogens is 489 g/mol. The second-order valence-corrected chi connectivity index (χ2v) is 9.97. The van der Waals surface area contributed by atoms with Crippen LogP contribution in [0.1, 0.15) is 45.2 Å². The lowest BCUT2D eigenvalue weighted by atomic mass is 10.0. The summed E-state index contributed by atoms with van der Waals surface area (Å²) in [7, 11) is 2.09. The SMILES string of the molecule is CN1CCN(C(C)(C)CNC(=O)c2c(C(N)=O)ncn2-c2ccc(NC(=O)c3ccc(F)cc3)cc2)CC1. The van der Waals surface area contributed by atoms with Crippen LogP contribution in [0.15, 0.2) is 54.9 Å². The second-order valence-electron chi connectivity index (χ2n) is 9.97. The first-order chi connectivity index (χ1) is 18.0. The minimum Gasteiger partial charge on any atom is -0.364 e. The summed E-state index contributed by atoms with van der Waals surface area (Å²) in [5.74, 6) is -2.09. The number of primary amides is 1. The molecule has 2 heterocycles. The van der Waals surface area contributed by atoms with Crippen molar-refractivity contribution >= 4 is 23.4 Å². The van der Waals surface area contributed by atoms with Gasteiger partial charge >= 0.3 is 0 Å². The van der Waals surface area contributed by atoms with E-state index in [1.54, 1.807) is 24.3 Å². The van der Waals surface area contributed by atoms with Gasteiger partial charge in [0.25, 0.3) is 17.7 Å². The van der Waals surface area contributed by atoms with Crippen molar-refractivity contribution in [2.24, 2.45) is 5.73 Å². The Morgan fingerprint density at radius 3 is 2.21 bits per heavy atom. The quantitative estimate of drug-likeness (QED) is 0.417. The fourth-order valence-corrected chi connectivity index (χ4v) is 4.36. The van der Waals surface area contributed by atoms with Crippen LogP contribution in [0.25, 0.3) is 5.69 Å². The molecule has 0 unspecified atom stereocenters. The fraction of sp³-hybridized carbons (Fsp3) is 0.333. The summed E-state index contributed by atoms with van der Waals surface area (Å²) in [5.41, 5.74) is 6.50. The highest BCUT2D eigenvalue weighted by Gasteiger charge is 2.31. The van der Waals surface area contributed by atoms with E-state index >= 15 is 0 Å². The molecule has 4 N–H and O–H groups in total. The number of aromatic nitrogens is 2. The number of hydrogen-bond acceptors (Lipinski definition) is 6. The van der Waals surface area contributed by atoms with Crippen LogP contribution in [-0.2, 0) is 0 Å². The zero-order valence-electron chi connectivity index (χ0n) is 21.7. The molecule has 10 nitrogen and oxygen atoms in total. The molecule has 2 aromatic carbocycles. The largest absolute Gasteiger partial charge is 0.364 e. The van der Waals surface area contributed by atoms with E-state index in [2.05, 4.69) is 46.3 Å². The Labute approximate surface area is 220 Å². The van der Waals surface area contributed by atoms with Crippen LogP contribution >= 0.6 is 0 Å². The van der Waals surface area contributed by atoms with Crippen molar-refractivity contribution in [2.45, 2.75) is 19.4 Å². The number of rotatable bonds is 8. The third kappa shape index (κ3) is 6.06. The smallest absolute Gasteiger partial charge is 0.270 e. The van der Waals surface area contributed by atoms with Gasteiger partial charge in [0.2, 0.25) is 0 Å². The lowest BCUT2D eigenvalue weighted by molar-refractivity contribution is 0.0586. The Balaban J connectivity index is 1.49. The number of likely N-dealkylation sites (N-methyl/N-ethyl adjacent to an activating group) is 1. The molecule has 3 amide bonds. The summed E-state index contributed by atoms with van der Waals surface area (Å²) in [6.07, 6.45) is 1.37. The fourth-order valence-electron chi connectivity index (χ4n) is 4.36. The number of benzene rings is 2. The molecule has 1 aliphatic rings. The van der Waals surface area contributed by atoms with Gasteiger partial charge in [0.15, 0.2) is 5.69 Å². The molecule has 0 radical (unpaired) electrons. The number of halogens is 1. The molecule has 3 aromatic rings. The van der Waals surface area contributed by atoms with Gasteiger partial charge in [-0.15, -0.1) is 0 Å². The Morgan fingerprint density at radius 2 is 1.61 bits per heavy atom. The first-order valence-electron chi connectivity index (χ1n) is 12.3. The Kier molecular flexibility index (Phi) is 7.88. The molecule has 11 heteroatoms. The van der Waals surface area contributed by atoms with Crippen molar-refractivity contribution in [1.29, 1.82) is 0 Å². The maximum absolute atomic E-state index is 13.3. The van der Waals surface area contributed by atoms with E-state index in [9.17, 15) is 18.8 Å². The summed E-state index contributed by atoms with van der Waals surface area (Å²) in [6, 6.07) is 11.9. The molecule has 1 aliphatic heterocycles. The first kappa shape index (κ1) is 27.0. The van der Waals surface area contributed by atoms with Crippen molar-refractivity contribution in [3.8, 4) is 5.69 Å². The molecule has 0 atom stereocenters. The van der Waals surface area contributed by atoms with E-state index in [4.69, 9.17) is 5.73 Å². The van der Waals surface area contributed by atoms with Crippen molar-refractivity contribution in [2.75, 3.05) is 45.1 Å². The van der Waals surface area contributed by atoms with Crippen molar-refractivity contribution in [1.82, 2.24) is 24.7 Å². The van der Waals surface area contributed by atoms with E-state index in [0.717, 1.165) is 26.2 Å². The van der Waals surface area contributed by atoms with E-state index < -0.39 is 17.6 Å². The average molecular weight is 522 g/mol. The minimum atomic E-state index is -0.810. The van der Waals surface area contributed by atoms with Gasteiger partial charge in [0.1, 0.15) is 17.8 Å². The van der Waals surface area contributed by atoms with Crippen molar-refractivity contribution < 1.29 is 18.8 Å². The predicted molar refractivity (Wildman–Crippen MR) is 142 cm³/mol. The number of imidazole rings is 1. The van der Waals surface area contributed by atoms with E-state index in [0.29, 0.717) is 23.5 Å². The number of piperazine rings is 1. The number of nitrogens with one attached hydrogen (secondary N) is 2. The van der Waals surface area contributed by atoms with Gasteiger partial charge < -0.3 is 21.3 Å². The second kappa shape index (κ2) is 11.1. The van der Waals surface area contributed by atoms with Crippen LogP contribution in [0.4, 0.5) is 10.1 Å². The molecule has 0 saturated carbocycles. The average Bonchev–Trinajstić information content (AvgIpc) is 3.34. The normalized spacial score (nSPS) is 14.7. The van der Waals surface area contributed by atoms with Gasteiger partial charge in [-0.25, -0.2) is 9.37 Å². The number of amides is 3. The van der Waals surface area contributed by atoms with Crippen LogP contribution in [-0.4, -0.2) is 82.4 Å². The minimum absolute atomic E-state index is 0.0368. The summed E-state index contributed by atoms with van der Waals surface area (Å²) < 4.78 is 14.6. The zero-order valence-corrected chi connectivity index (χ0v) is 21.7. The zero-order chi connectivity index (χ0) is 27.4. The van der Waals surface area contributed by atoms with Gasteiger partial charge in [0, 0.05) is 55.2 Å². The summed E-state index contributed by atoms with van der Waals surface area (Å²) in [4.78, 5) is 46.5. The maximum atomic E-state index is 13.3. The lowest BCUT2D eigenvalue weighted by Gasteiger charge is -2.43. The van der Waals surface area contributed by atoms with Gasteiger partial charge in [0.05, 0.1) is 0 Å². The van der Waals surface area contributed by atoms with Gasteiger partial charge in [-0.3, -0.25) is 23.9 Å². The molecule has 38 heavy (non-hydrogen) atoms. The number of nitrogens with two attached hydrogens (primary N) is 1.